The van der Waals surface area contributed by atoms with E-state index in [1.165, 1.54) is 137 Å². The van der Waals surface area contributed by atoms with Crippen molar-refractivity contribution in [2.24, 2.45) is 47.3 Å². The highest BCUT2D eigenvalue weighted by Gasteiger charge is 2.63. The van der Waals surface area contributed by atoms with Crippen molar-refractivity contribution < 1.29 is 0 Å². The Labute approximate surface area is 713 Å². The molecule has 8 bridgehead atoms. The van der Waals surface area contributed by atoms with Crippen LogP contribution >= 0.6 is 0 Å². The average molecular weight is 1570 g/mol. The van der Waals surface area contributed by atoms with Crippen LogP contribution in [0.25, 0.3) is 168 Å². The summed E-state index contributed by atoms with van der Waals surface area (Å²) in [6.45, 7) is 0. The van der Waals surface area contributed by atoms with Crippen LogP contribution in [0, 0.1) is 47.3 Å². The lowest BCUT2D eigenvalue weighted by atomic mass is 9.43. The number of pyridine rings is 1. The summed E-state index contributed by atoms with van der Waals surface area (Å²) in [4.78, 5) is 35.2. The standard InChI is InChI=1S/C61H47N3.C54H42N4/c1-5-13-41(14-6-1)43-21-23-44(24-22-43)49-34-50(36-51(35-49)60-63-58(45-17-9-3-10-18-45)62-59(64-60)46-19-11-4-12-20-46)48-25-27-54-55-37-47(42-15-7-2-8-16-42)26-28-56(55)61(57(54)38-48)52-30-39-29-40(32-52)33-53(61)31-39;1-4-10-36(11-5-1)40-17-19-49-48(32-40)47-18-16-41(33-50(47)54(49)45-25-34-24-35(27-45)28-46(54)26-34)43-29-42(37-20-22-55-23-21-37)30-44(31-43)53-57-51(38-12-6-2-7-13-38)56-52(58-53)39-14-8-3-9-15-39/h1-28,34-40,52-53H,29-33H2;1-23,29-35,45-46H,24-28H2. The molecule has 0 amide bonds. The summed E-state index contributed by atoms with van der Waals surface area (Å²) in [5.74, 6) is 10.2. The summed E-state index contributed by atoms with van der Waals surface area (Å²) < 4.78 is 0. The summed E-state index contributed by atoms with van der Waals surface area (Å²) in [6, 6.07) is 130. The molecule has 7 heteroatoms. The van der Waals surface area contributed by atoms with E-state index < -0.39 is 0 Å². The van der Waals surface area contributed by atoms with Gasteiger partial charge in [-0.05, 0) is 307 Å². The highest BCUT2D eigenvalue weighted by atomic mass is 15.0. The fraction of sp³-hybridized carbons (Fsp3) is 0.174. The largest absolute Gasteiger partial charge is 0.265 e. The van der Waals surface area contributed by atoms with E-state index in [1.807, 2.05) is 85.2 Å². The maximum atomic E-state index is 5.24. The molecule has 7 nitrogen and oxygen atoms in total. The number of nitrogens with zero attached hydrogens (tertiary/aromatic N) is 7. The zero-order valence-corrected chi connectivity index (χ0v) is 68.0. The van der Waals surface area contributed by atoms with Gasteiger partial charge in [-0.1, -0.05) is 285 Å². The summed E-state index contributed by atoms with van der Waals surface area (Å²) in [5, 5.41) is 0. The summed E-state index contributed by atoms with van der Waals surface area (Å²) in [5.41, 5.74) is 34.7. The predicted molar refractivity (Wildman–Crippen MR) is 495 cm³/mol. The summed E-state index contributed by atoms with van der Waals surface area (Å²) in [7, 11) is 0. The van der Waals surface area contributed by atoms with Crippen molar-refractivity contribution in [2.75, 3.05) is 0 Å². The molecule has 122 heavy (non-hydrogen) atoms. The molecule has 0 unspecified atom stereocenters. The van der Waals surface area contributed by atoms with Crippen molar-refractivity contribution >= 4 is 0 Å². The van der Waals surface area contributed by atoms with Gasteiger partial charge in [-0.15, -0.1) is 0 Å². The zero-order chi connectivity index (χ0) is 80.4. The van der Waals surface area contributed by atoms with Gasteiger partial charge in [-0.3, -0.25) is 4.98 Å². The molecule has 2 spiro atoms. The third kappa shape index (κ3) is 12.4. The topological polar surface area (TPSA) is 90.2 Å². The lowest BCUT2D eigenvalue weighted by molar-refractivity contribution is -0.0399. The van der Waals surface area contributed by atoms with Gasteiger partial charge in [-0.25, -0.2) is 29.9 Å². The SMILES string of the molecule is c1ccc(-c2ccc(-c3cc(-c4ccc5c(c4)C4(c6ccc(-c7ccccc7)cc6-5)C5CC6CC(C5)CC4C6)cc(-c4nc(-c5ccccc5)nc(-c5ccccc5)n4)c3)cc2)cc1.c1ccc(-c2ccc3c(c2)-c2ccc(-c4cc(-c5ccncc5)cc(-c5nc(-c6ccccc6)nc(-c6ccccc6)n5)c4)cc2C32C3CC4CC(C3)CC2C4)cc1. The molecule has 10 aliphatic rings. The van der Waals surface area contributed by atoms with Gasteiger partial charge < -0.3 is 0 Å². The van der Waals surface area contributed by atoms with Crippen molar-refractivity contribution in [1.29, 1.82) is 0 Å². The first-order chi connectivity index (χ1) is 60.3. The van der Waals surface area contributed by atoms with E-state index >= 15 is 0 Å². The normalized spacial score (nSPS) is 21.7. The molecule has 8 fully saturated rings. The van der Waals surface area contributed by atoms with Gasteiger partial charge in [0.25, 0.3) is 0 Å². The second kappa shape index (κ2) is 29.6. The molecule has 3 aromatic heterocycles. The number of rotatable bonds is 13. The monoisotopic (exact) mass is 1570 g/mol. The first kappa shape index (κ1) is 72.3. The van der Waals surface area contributed by atoms with Gasteiger partial charge in [0.2, 0.25) is 0 Å². The molecular formula is C115H89N7. The Bertz CT molecular complexity index is 6690. The molecule has 10 aliphatic carbocycles. The number of hydrogen-bond acceptors (Lipinski definition) is 7. The molecule has 0 radical (unpaired) electrons. The highest BCUT2D eigenvalue weighted by Crippen LogP contribution is 2.72. The van der Waals surface area contributed by atoms with E-state index in [1.54, 1.807) is 22.3 Å². The average Bonchev–Trinajstić information content (AvgIpc) is 1.52. The van der Waals surface area contributed by atoms with Gasteiger partial charge in [-0.2, -0.15) is 0 Å². The smallest absolute Gasteiger partial charge is 0.164 e. The van der Waals surface area contributed by atoms with Crippen LogP contribution in [0.15, 0.2) is 370 Å². The van der Waals surface area contributed by atoms with Gasteiger partial charge >= 0.3 is 0 Å². The molecule has 3 heterocycles. The fourth-order valence-electron chi connectivity index (χ4n) is 24.5. The molecule has 0 saturated heterocycles. The quantitative estimate of drug-likeness (QED) is 0.114. The highest BCUT2D eigenvalue weighted by molar-refractivity contribution is 5.92. The third-order valence-electron chi connectivity index (χ3n) is 29.3. The second-order valence-corrected chi connectivity index (χ2v) is 36.0. The van der Waals surface area contributed by atoms with Gasteiger partial charge in [0.05, 0.1) is 0 Å². The van der Waals surface area contributed by atoms with Crippen LogP contribution in [0.5, 0.6) is 0 Å². The maximum Gasteiger partial charge on any atom is 0.164 e. The number of benzene rings is 14. The van der Waals surface area contributed by atoms with Crippen LogP contribution in [0.4, 0.5) is 0 Å². The molecule has 0 N–H and O–H groups in total. The lowest BCUT2D eigenvalue weighted by Crippen LogP contribution is -2.55. The summed E-state index contributed by atoms with van der Waals surface area (Å²) >= 11 is 0. The third-order valence-corrected chi connectivity index (χ3v) is 29.3. The molecule has 0 atom stereocenters. The van der Waals surface area contributed by atoms with Gasteiger partial charge in [0.1, 0.15) is 0 Å². The minimum Gasteiger partial charge on any atom is -0.265 e. The first-order valence-corrected chi connectivity index (χ1v) is 44.1. The van der Waals surface area contributed by atoms with Gasteiger partial charge in [0, 0.05) is 56.6 Å². The van der Waals surface area contributed by atoms with Crippen molar-refractivity contribution in [3.63, 3.8) is 0 Å². The van der Waals surface area contributed by atoms with E-state index in [-0.39, 0.29) is 10.8 Å². The fourth-order valence-corrected chi connectivity index (χ4v) is 24.5. The Balaban J connectivity index is 0.000000139. The molecule has 27 rings (SSSR count). The van der Waals surface area contributed by atoms with Crippen LogP contribution in [-0.2, 0) is 10.8 Å². The Kier molecular flexibility index (Phi) is 17.5. The van der Waals surface area contributed by atoms with Crippen LogP contribution in [-0.4, -0.2) is 34.9 Å². The maximum absolute atomic E-state index is 5.24. The zero-order valence-electron chi connectivity index (χ0n) is 68.0. The lowest BCUT2D eigenvalue weighted by Gasteiger charge is -2.61. The Morgan fingerprint density at radius 1 is 0.164 bits per heavy atom. The summed E-state index contributed by atoms with van der Waals surface area (Å²) in [6.07, 6.45) is 17.4. The second-order valence-electron chi connectivity index (χ2n) is 36.0. The Hall–Kier alpha value is -13.8. The van der Waals surface area contributed by atoms with Crippen LogP contribution < -0.4 is 0 Å². The van der Waals surface area contributed by atoms with E-state index in [0.717, 1.165) is 84.9 Å². The molecular weight excluding hydrogens is 1480 g/mol. The number of hydrogen-bond donors (Lipinski definition) is 0. The van der Waals surface area contributed by atoms with Crippen molar-refractivity contribution in [3.05, 3.63) is 393 Å². The molecule has 17 aromatic rings. The van der Waals surface area contributed by atoms with Crippen LogP contribution in [0.2, 0.25) is 0 Å². The Morgan fingerprint density at radius 3 is 0.713 bits per heavy atom. The van der Waals surface area contributed by atoms with Crippen molar-refractivity contribution in [3.8, 4) is 168 Å². The molecule has 0 aliphatic heterocycles. The van der Waals surface area contributed by atoms with E-state index in [2.05, 4.69) is 290 Å². The predicted octanol–water partition coefficient (Wildman–Crippen LogP) is 28.3. The van der Waals surface area contributed by atoms with Crippen molar-refractivity contribution in [2.45, 2.75) is 75.0 Å². The Morgan fingerprint density at radius 2 is 0.393 bits per heavy atom. The number of fused-ring (bicyclic) bond motifs is 6. The minimum atomic E-state index is 0.0421. The molecule has 14 aromatic carbocycles. The minimum absolute atomic E-state index is 0.0421. The van der Waals surface area contributed by atoms with Crippen LogP contribution in [0.3, 0.4) is 0 Å². The van der Waals surface area contributed by atoms with E-state index in [4.69, 9.17) is 29.9 Å². The van der Waals surface area contributed by atoms with Crippen LogP contribution in [0.1, 0.15) is 86.5 Å². The number of aromatic nitrogens is 7. The van der Waals surface area contributed by atoms with E-state index in [9.17, 15) is 0 Å². The first-order valence-electron chi connectivity index (χ1n) is 44.1. The van der Waals surface area contributed by atoms with E-state index in [0.29, 0.717) is 58.6 Å². The molecule has 584 valence electrons. The molecule has 8 saturated carbocycles. The van der Waals surface area contributed by atoms with Crippen molar-refractivity contribution in [1.82, 2.24) is 34.9 Å². The van der Waals surface area contributed by atoms with Gasteiger partial charge in [0.15, 0.2) is 34.9 Å².